The minimum atomic E-state index is 0.387. The standard InChI is InChI=1S/C25H29N9S/c1-33-9-11-34(12-10-33)19-2-3-21(28-16-19)31-22-14-17(4-8-27-22)24-30-20-6-13-35-23(20)25(32-24)29-18-5-7-26-15-18/h2-4,6,8,13-14,16,18,26H,5,7,9-12,15H2,1H3,(H,27,28,31)(H,29,30,32)/t18-/m1/s1. The van der Waals surface area contributed by atoms with Gasteiger partial charge in [-0.3, -0.25) is 0 Å². The van der Waals surface area contributed by atoms with Crippen molar-refractivity contribution in [2.75, 3.05) is 61.8 Å². The van der Waals surface area contributed by atoms with Gasteiger partial charge in [0, 0.05) is 50.5 Å². The van der Waals surface area contributed by atoms with Crippen LogP contribution in [0, 0.1) is 0 Å². The van der Waals surface area contributed by atoms with Crippen LogP contribution < -0.4 is 20.9 Å². The van der Waals surface area contributed by atoms with E-state index in [0.717, 1.165) is 78.8 Å². The van der Waals surface area contributed by atoms with Crippen LogP contribution in [-0.2, 0) is 0 Å². The number of aromatic nitrogens is 4. The van der Waals surface area contributed by atoms with E-state index in [1.54, 1.807) is 17.5 Å². The summed E-state index contributed by atoms with van der Waals surface area (Å²) in [6.45, 7) is 6.19. The Hall–Kier alpha value is -3.34. The highest BCUT2D eigenvalue weighted by Crippen LogP contribution is 2.30. The maximum atomic E-state index is 4.90. The summed E-state index contributed by atoms with van der Waals surface area (Å²) < 4.78 is 1.10. The lowest BCUT2D eigenvalue weighted by atomic mass is 10.2. The lowest BCUT2D eigenvalue weighted by molar-refractivity contribution is 0.313. The Kier molecular flexibility index (Phi) is 6.15. The van der Waals surface area contributed by atoms with Crippen LogP contribution in [0.1, 0.15) is 6.42 Å². The zero-order chi connectivity index (χ0) is 23.6. The van der Waals surface area contributed by atoms with Gasteiger partial charge in [-0.1, -0.05) is 0 Å². The number of hydrogen-bond acceptors (Lipinski definition) is 10. The molecule has 2 aliphatic heterocycles. The molecule has 0 radical (unpaired) electrons. The molecule has 0 aliphatic carbocycles. The van der Waals surface area contributed by atoms with E-state index in [9.17, 15) is 0 Å². The van der Waals surface area contributed by atoms with Crippen molar-refractivity contribution >= 4 is 44.7 Å². The molecule has 4 aromatic heterocycles. The van der Waals surface area contributed by atoms with Crippen LogP contribution in [0.4, 0.5) is 23.1 Å². The summed E-state index contributed by atoms with van der Waals surface area (Å²) in [7, 11) is 2.16. The third-order valence-electron chi connectivity index (χ3n) is 6.60. The molecule has 2 fully saturated rings. The fraction of sp³-hybridized carbons (Fsp3) is 0.360. The largest absolute Gasteiger partial charge is 0.368 e. The minimum absolute atomic E-state index is 0.387. The van der Waals surface area contributed by atoms with Gasteiger partial charge < -0.3 is 25.8 Å². The number of nitrogens with one attached hydrogen (secondary N) is 3. The lowest BCUT2D eigenvalue weighted by Gasteiger charge is -2.33. The highest BCUT2D eigenvalue weighted by molar-refractivity contribution is 7.17. The number of anilines is 4. The number of piperazine rings is 1. The molecule has 0 amide bonds. The molecule has 6 heterocycles. The maximum absolute atomic E-state index is 4.90. The molecule has 4 aromatic rings. The van der Waals surface area contributed by atoms with E-state index < -0.39 is 0 Å². The average Bonchev–Trinajstić information content (AvgIpc) is 3.58. The second-order valence-corrected chi connectivity index (χ2v) is 10.0. The quantitative estimate of drug-likeness (QED) is 0.378. The predicted molar refractivity (Wildman–Crippen MR) is 143 cm³/mol. The molecule has 0 saturated carbocycles. The van der Waals surface area contributed by atoms with E-state index in [0.29, 0.717) is 17.7 Å². The highest BCUT2D eigenvalue weighted by Gasteiger charge is 2.18. The molecule has 180 valence electrons. The number of thiophene rings is 1. The molecule has 2 saturated heterocycles. The minimum Gasteiger partial charge on any atom is -0.368 e. The van der Waals surface area contributed by atoms with E-state index in [2.05, 4.69) is 60.3 Å². The third kappa shape index (κ3) is 4.90. The number of likely N-dealkylation sites (N-methyl/N-ethyl adjacent to an activating group) is 1. The van der Waals surface area contributed by atoms with Crippen LogP contribution in [-0.4, -0.2) is 77.2 Å². The molecule has 35 heavy (non-hydrogen) atoms. The van der Waals surface area contributed by atoms with E-state index in [-0.39, 0.29) is 0 Å². The van der Waals surface area contributed by atoms with E-state index in [1.165, 1.54) is 0 Å². The summed E-state index contributed by atoms with van der Waals surface area (Å²) in [4.78, 5) is 23.6. The molecule has 0 bridgehead atoms. The second-order valence-electron chi connectivity index (χ2n) is 9.11. The van der Waals surface area contributed by atoms with Gasteiger partial charge in [0.2, 0.25) is 0 Å². The van der Waals surface area contributed by atoms with Gasteiger partial charge >= 0.3 is 0 Å². The van der Waals surface area contributed by atoms with Crippen molar-refractivity contribution in [3.63, 3.8) is 0 Å². The molecule has 0 unspecified atom stereocenters. The topological polar surface area (TPSA) is 94.1 Å². The number of hydrogen-bond donors (Lipinski definition) is 3. The van der Waals surface area contributed by atoms with Crippen molar-refractivity contribution in [3.8, 4) is 11.4 Å². The molecule has 9 nitrogen and oxygen atoms in total. The number of nitrogens with zero attached hydrogens (tertiary/aromatic N) is 6. The Balaban J connectivity index is 1.21. The fourth-order valence-corrected chi connectivity index (χ4v) is 5.33. The molecule has 10 heteroatoms. The number of rotatable bonds is 6. The van der Waals surface area contributed by atoms with Crippen LogP contribution in [0.5, 0.6) is 0 Å². The summed E-state index contributed by atoms with van der Waals surface area (Å²) in [6, 6.07) is 10.5. The van der Waals surface area contributed by atoms with Crippen molar-refractivity contribution in [2.45, 2.75) is 12.5 Å². The predicted octanol–water partition coefficient (Wildman–Crippen LogP) is 3.42. The Morgan fingerprint density at radius 1 is 1.03 bits per heavy atom. The smallest absolute Gasteiger partial charge is 0.162 e. The van der Waals surface area contributed by atoms with Crippen molar-refractivity contribution in [2.24, 2.45) is 0 Å². The molecule has 0 spiro atoms. The fourth-order valence-electron chi connectivity index (χ4n) is 4.54. The van der Waals surface area contributed by atoms with Crippen LogP contribution in [0.15, 0.2) is 48.1 Å². The summed E-state index contributed by atoms with van der Waals surface area (Å²) >= 11 is 1.67. The first-order valence-electron chi connectivity index (χ1n) is 12.1. The van der Waals surface area contributed by atoms with Gasteiger partial charge in [0.1, 0.15) is 17.5 Å². The number of fused-ring (bicyclic) bond motifs is 1. The van der Waals surface area contributed by atoms with E-state index in [1.807, 2.05) is 24.4 Å². The van der Waals surface area contributed by atoms with Gasteiger partial charge in [-0.05, 0) is 55.7 Å². The normalized spacial score (nSPS) is 18.8. The Morgan fingerprint density at radius 2 is 1.94 bits per heavy atom. The second kappa shape index (κ2) is 9.73. The molecular weight excluding hydrogens is 458 g/mol. The Bertz CT molecular complexity index is 1290. The zero-order valence-corrected chi connectivity index (χ0v) is 20.6. The van der Waals surface area contributed by atoms with Gasteiger partial charge in [0.25, 0.3) is 0 Å². The summed E-state index contributed by atoms with van der Waals surface area (Å²) in [6.07, 6.45) is 4.81. The van der Waals surface area contributed by atoms with E-state index in [4.69, 9.17) is 9.97 Å². The first-order valence-corrected chi connectivity index (χ1v) is 12.9. The van der Waals surface area contributed by atoms with E-state index >= 15 is 0 Å². The Morgan fingerprint density at radius 3 is 2.74 bits per heavy atom. The van der Waals surface area contributed by atoms with Gasteiger partial charge in [-0.15, -0.1) is 11.3 Å². The summed E-state index contributed by atoms with van der Waals surface area (Å²) in [5.41, 5.74) is 3.03. The lowest BCUT2D eigenvalue weighted by Crippen LogP contribution is -2.44. The van der Waals surface area contributed by atoms with Crippen molar-refractivity contribution in [1.29, 1.82) is 0 Å². The average molecular weight is 488 g/mol. The van der Waals surface area contributed by atoms with Gasteiger partial charge in [0.05, 0.1) is 22.1 Å². The van der Waals surface area contributed by atoms with Crippen molar-refractivity contribution in [3.05, 3.63) is 48.1 Å². The first kappa shape index (κ1) is 22.1. The molecule has 1 atom stereocenters. The van der Waals surface area contributed by atoms with Crippen LogP contribution in [0.3, 0.4) is 0 Å². The highest BCUT2D eigenvalue weighted by atomic mass is 32.1. The monoisotopic (exact) mass is 487 g/mol. The van der Waals surface area contributed by atoms with Gasteiger partial charge in [-0.25, -0.2) is 19.9 Å². The van der Waals surface area contributed by atoms with Gasteiger partial charge in [-0.2, -0.15) is 0 Å². The molecule has 6 rings (SSSR count). The van der Waals surface area contributed by atoms with Crippen LogP contribution in [0.25, 0.3) is 21.6 Å². The molecule has 2 aliphatic rings. The Labute approximate surface area is 208 Å². The SMILES string of the molecule is CN1CCN(c2ccc(Nc3cc(-c4nc(N[C@@H]5CCNC5)c5sccc5n4)ccn3)nc2)CC1. The summed E-state index contributed by atoms with van der Waals surface area (Å²) in [5.74, 6) is 3.07. The van der Waals surface area contributed by atoms with Crippen LogP contribution in [0.2, 0.25) is 0 Å². The molecule has 0 aromatic carbocycles. The zero-order valence-electron chi connectivity index (χ0n) is 19.7. The third-order valence-corrected chi connectivity index (χ3v) is 7.51. The molecule has 3 N–H and O–H groups in total. The van der Waals surface area contributed by atoms with Crippen molar-refractivity contribution < 1.29 is 0 Å². The van der Waals surface area contributed by atoms with Crippen molar-refractivity contribution in [1.82, 2.24) is 30.2 Å². The summed E-state index contributed by atoms with van der Waals surface area (Å²) in [5, 5.41) is 12.4. The van der Waals surface area contributed by atoms with Gasteiger partial charge in [0.15, 0.2) is 5.82 Å². The number of pyridine rings is 2. The molecular formula is C25H29N9S. The first-order chi connectivity index (χ1) is 17.2. The van der Waals surface area contributed by atoms with Crippen LogP contribution >= 0.6 is 11.3 Å². The maximum Gasteiger partial charge on any atom is 0.162 e.